The highest BCUT2D eigenvalue weighted by molar-refractivity contribution is 5.56. The maximum Gasteiger partial charge on any atom is 0.0413 e. The van der Waals surface area contributed by atoms with Crippen LogP contribution in [-0.2, 0) is 0 Å². The molecule has 0 rings (SSSR count). The van der Waals surface area contributed by atoms with Gasteiger partial charge in [0.2, 0.25) is 0 Å². The Kier molecular flexibility index (Phi) is 11.0. The molecule has 0 aromatic heterocycles. The average molecular weight is 209 g/mol. The van der Waals surface area contributed by atoms with E-state index >= 15 is 0 Å². The van der Waals surface area contributed by atoms with Gasteiger partial charge in [0, 0.05) is 6.54 Å². The van der Waals surface area contributed by atoms with Crippen LogP contribution in [-0.4, -0.2) is 12.8 Å². The van der Waals surface area contributed by atoms with E-state index in [1.54, 1.807) is 0 Å². The van der Waals surface area contributed by atoms with Gasteiger partial charge in [-0.2, -0.15) is 0 Å². The SMILES string of the molecule is C=CCCCCCC=NCC(CC)CC. The first-order valence-corrected chi connectivity index (χ1v) is 6.44. The van der Waals surface area contributed by atoms with Crippen LogP contribution in [0.1, 0.15) is 58.8 Å². The molecule has 0 spiro atoms. The van der Waals surface area contributed by atoms with Crippen molar-refractivity contribution < 1.29 is 0 Å². The molecule has 0 unspecified atom stereocenters. The van der Waals surface area contributed by atoms with Gasteiger partial charge in [-0.25, -0.2) is 0 Å². The fourth-order valence-electron chi connectivity index (χ4n) is 1.56. The number of rotatable bonds is 10. The number of allylic oxidation sites excluding steroid dienone is 1. The Hall–Kier alpha value is -0.590. The molecule has 0 saturated heterocycles. The predicted octanol–water partition coefficient (Wildman–Crippen LogP) is 4.63. The summed E-state index contributed by atoms with van der Waals surface area (Å²) < 4.78 is 0. The molecule has 0 amide bonds. The molecule has 0 fully saturated rings. The summed E-state index contributed by atoms with van der Waals surface area (Å²) in [6.07, 6.45) is 12.8. The van der Waals surface area contributed by atoms with Crippen molar-refractivity contribution in [1.29, 1.82) is 0 Å². The first-order valence-electron chi connectivity index (χ1n) is 6.44. The van der Waals surface area contributed by atoms with Gasteiger partial charge in [-0.05, 0) is 37.8 Å². The molecule has 0 N–H and O–H groups in total. The predicted molar refractivity (Wildman–Crippen MR) is 70.7 cm³/mol. The zero-order valence-corrected chi connectivity index (χ0v) is 10.5. The van der Waals surface area contributed by atoms with Crippen molar-refractivity contribution >= 4 is 6.21 Å². The first kappa shape index (κ1) is 14.4. The van der Waals surface area contributed by atoms with Gasteiger partial charge in [0.05, 0.1) is 0 Å². The van der Waals surface area contributed by atoms with Gasteiger partial charge in [0.15, 0.2) is 0 Å². The molecular weight excluding hydrogens is 182 g/mol. The Bertz CT molecular complexity index is 157. The van der Waals surface area contributed by atoms with Gasteiger partial charge >= 0.3 is 0 Å². The molecule has 0 aromatic rings. The van der Waals surface area contributed by atoms with Gasteiger partial charge in [0.1, 0.15) is 0 Å². The van der Waals surface area contributed by atoms with Crippen molar-refractivity contribution in [1.82, 2.24) is 0 Å². The molecule has 0 radical (unpaired) electrons. The quantitative estimate of drug-likeness (QED) is 0.282. The molecular formula is C14H27N. The lowest BCUT2D eigenvalue weighted by Gasteiger charge is -2.07. The fourth-order valence-corrected chi connectivity index (χ4v) is 1.56. The third-order valence-electron chi connectivity index (χ3n) is 2.89. The Morgan fingerprint density at radius 3 is 2.33 bits per heavy atom. The zero-order valence-electron chi connectivity index (χ0n) is 10.5. The van der Waals surface area contributed by atoms with E-state index in [-0.39, 0.29) is 0 Å². The van der Waals surface area contributed by atoms with E-state index in [0.29, 0.717) is 0 Å². The molecule has 15 heavy (non-hydrogen) atoms. The van der Waals surface area contributed by atoms with E-state index in [4.69, 9.17) is 0 Å². The lowest BCUT2D eigenvalue weighted by Crippen LogP contribution is -2.01. The first-order chi connectivity index (χ1) is 7.35. The summed E-state index contributed by atoms with van der Waals surface area (Å²) >= 11 is 0. The summed E-state index contributed by atoms with van der Waals surface area (Å²) in [5.41, 5.74) is 0. The molecule has 1 heteroatoms. The fraction of sp³-hybridized carbons (Fsp3) is 0.786. The largest absolute Gasteiger partial charge is 0.297 e. The molecule has 0 aliphatic carbocycles. The zero-order chi connectivity index (χ0) is 11.4. The van der Waals surface area contributed by atoms with E-state index in [0.717, 1.165) is 25.3 Å². The standard InChI is InChI=1S/C14H27N/c1-4-7-8-9-10-11-12-15-13-14(5-2)6-3/h4,12,14H,1,5-11,13H2,2-3H3. The van der Waals surface area contributed by atoms with Crippen LogP contribution in [0.4, 0.5) is 0 Å². The number of unbranched alkanes of at least 4 members (excludes halogenated alkanes) is 4. The van der Waals surface area contributed by atoms with Gasteiger partial charge in [-0.3, -0.25) is 4.99 Å². The van der Waals surface area contributed by atoms with Crippen molar-refractivity contribution in [2.75, 3.05) is 6.54 Å². The van der Waals surface area contributed by atoms with E-state index in [9.17, 15) is 0 Å². The summed E-state index contributed by atoms with van der Waals surface area (Å²) in [6.45, 7) is 9.25. The number of hydrogen-bond acceptors (Lipinski definition) is 1. The van der Waals surface area contributed by atoms with Crippen molar-refractivity contribution in [3.8, 4) is 0 Å². The van der Waals surface area contributed by atoms with Crippen LogP contribution in [0.2, 0.25) is 0 Å². The minimum absolute atomic E-state index is 0.794. The molecule has 0 aromatic carbocycles. The van der Waals surface area contributed by atoms with E-state index in [2.05, 4.69) is 31.6 Å². The second kappa shape index (κ2) is 11.5. The second-order valence-corrected chi connectivity index (χ2v) is 4.16. The topological polar surface area (TPSA) is 12.4 Å². The van der Waals surface area contributed by atoms with Gasteiger partial charge in [0.25, 0.3) is 0 Å². The van der Waals surface area contributed by atoms with E-state index < -0.39 is 0 Å². The summed E-state index contributed by atoms with van der Waals surface area (Å²) in [5.74, 6) is 0.794. The Morgan fingerprint density at radius 2 is 1.73 bits per heavy atom. The van der Waals surface area contributed by atoms with E-state index in [1.165, 1.54) is 32.1 Å². The third kappa shape index (κ3) is 9.71. The molecule has 0 aliphatic heterocycles. The highest BCUT2D eigenvalue weighted by Crippen LogP contribution is 2.07. The van der Waals surface area contributed by atoms with Crippen LogP contribution in [0.25, 0.3) is 0 Å². The van der Waals surface area contributed by atoms with Crippen LogP contribution in [0.5, 0.6) is 0 Å². The monoisotopic (exact) mass is 209 g/mol. The number of nitrogens with zero attached hydrogens (tertiary/aromatic N) is 1. The molecule has 88 valence electrons. The Labute approximate surface area is 95.7 Å². The third-order valence-corrected chi connectivity index (χ3v) is 2.89. The van der Waals surface area contributed by atoms with Crippen LogP contribution in [0.3, 0.4) is 0 Å². The molecule has 1 nitrogen and oxygen atoms in total. The number of hydrogen-bond donors (Lipinski definition) is 0. The lowest BCUT2D eigenvalue weighted by atomic mass is 10.0. The highest BCUT2D eigenvalue weighted by atomic mass is 14.7. The van der Waals surface area contributed by atoms with Crippen molar-refractivity contribution in [3.63, 3.8) is 0 Å². The Balaban J connectivity index is 3.26. The molecule has 0 heterocycles. The Morgan fingerprint density at radius 1 is 1.07 bits per heavy atom. The molecule has 0 saturated carbocycles. The summed E-state index contributed by atoms with van der Waals surface area (Å²) in [4.78, 5) is 4.49. The number of aliphatic imine (C=N–C) groups is 1. The van der Waals surface area contributed by atoms with Crippen molar-refractivity contribution in [2.45, 2.75) is 58.8 Å². The van der Waals surface area contributed by atoms with Gasteiger partial charge in [-0.15, -0.1) is 6.58 Å². The van der Waals surface area contributed by atoms with Crippen LogP contribution < -0.4 is 0 Å². The summed E-state index contributed by atoms with van der Waals surface area (Å²) in [7, 11) is 0. The van der Waals surface area contributed by atoms with Crippen LogP contribution in [0.15, 0.2) is 17.6 Å². The molecule has 0 aliphatic rings. The normalized spacial score (nSPS) is 11.4. The van der Waals surface area contributed by atoms with Crippen LogP contribution in [0, 0.1) is 5.92 Å². The lowest BCUT2D eigenvalue weighted by molar-refractivity contribution is 0.506. The minimum Gasteiger partial charge on any atom is -0.297 e. The van der Waals surface area contributed by atoms with Crippen molar-refractivity contribution in [2.24, 2.45) is 10.9 Å². The molecule has 0 bridgehead atoms. The minimum atomic E-state index is 0.794. The van der Waals surface area contributed by atoms with Crippen molar-refractivity contribution in [3.05, 3.63) is 12.7 Å². The summed E-state index contributed by atoms with van der Waals surface area (Å²) in [5, 5.41) is 0. The maximum atomic E-state index is 4.49. The highest BCUT2D eigenvalue weighted by Gasteiger charge is 1.99. The molecule has 0 atom stereocenters. The van der Waals surface area contributed by atoms with Gasteiger partial charge in [-0.1, -0.05) is 39.2 Å². The smallest absolute Gasteiger partial charge is 0.0413 e. The average Bonchev–Trinajstić information content (AvgIpc) is 2.27. The maximum absolute atomic E-state index is 4.49. The van der Waals surface area contributed by atoms with Crippen LogP contribution >= 0.6 is 0 Å². The second-order valence-electron chi connectivity index (χ2n) is 4.16. The van der Waals surface area contributed by atoms with Gasteiger partial charge < -0.3 is 0 Å². The van der Waals surface area contributed by atoms with E-state index in [1.807, 2.05) is 6.08 Å². The summed E-state index contributed by atoms with van der Waals surface area (Å²) in [6, 6.07) is 0.